The fraction of sp³-hybridized carbons (Fsp3) is 0.385. The highest BCUT2D eigenvalue weighted by atomic mass is 79.9. The second kappa shape index (κ2) is 4.62. The Morgan fingerprint density at radius 3 is 2.33 bits per heavy atom. The van der Waals surface area contributed by atoms with Crippen LogP contribution in [-0.4, -0.2) is 8.32 Å². The first-order chi connectivity index (χ1) is 8.30. The molecular formula is C13H17BrO3Si. The van der Waals surface area contributed by atoms with Crippen molar-refractivity contribution in [2.45, 2.75) is 32.4 Å². The van der Waals surface area contributed by atoms with Gasteiger partial charge in [0.05, 0.1) is 5.56 Å². The van der Waals surface area contributed by atoms with E-state index in [-0.39, 0.29) is 0 Å². The molecule has 2 rings (SSSR count). The van der Waals surface area contributed by atoms with Crippen LogP contribution in [-0.2, 0) is 15.3 Å². The average molecular weight is 329 g/mol. The van der Waals surface area contributed by atoms with E-state index in [0.29, 0.717) is 0 Å². The van der Waals surface area contributed by atoms with Gasteiger partial charge in [0.1, 0.15) is 18.3 Å². The lowest BCUT2D eigenvalue weighted by molar-refractivity contribution is -0.133. The lowest BCUT2D eigenvalue weighted by atomic mass is 10.1. The molecule has 1 heterocycles. The first-order valence-corrected chi connectivity index (χ1v) is 10.00. The van der Waals surface area contributed by atoms with E-state index in [0.717, 1.165) is 15.8 Å². The summed E-state index contributed by atoms with van der Waals surface area (Å²) < 4.78 is 18.2. The Morgan fingerprint density at radius 2 is 1.78 bits per heavy atom. The molecule has 0 N–H and O–H groups in total. The molecule has 0 unspecified atom stereocenters. The molecule has 1 aromatic rings. The standard InChI is InChI=1S/C13H17BrO3Si/c1-13(15-7-8-16-13)11-6-5-10(14)9-12(11)17-18(2,3)4/h5-9H,1-4H3. The topological polar surface area (TPSA) is 27.7 Å². The minimum Gasteiger partial charge on any atom is -0.544 e. The van der Waals surface area contributed by atoms with Gasteiger partial charge in [-0.1, -0.05) is 15.9 Å². The lowest BCUT2D eigenvalue weighted by Gasteiger charge is -2.28. The maximum Gasteiger partial charge on any atom is 0.277 e. The SMILES string of the molecule is CC1(c2ccc(Br)cc2O[Si](C)(C)C)OC=CO1. The third-order valence-corrected chi connectivity index (χ3v) is 3.82. The van der Waals surface area contributed by atoms with Gasteiger partial charge in [0.15, 0.2) is 0 Å². The van der Waals surface area contributed by atoms with Crippen LogP contribution in [0.4, 0.5) is 0 Å². The predicted molar refractivity (Wildman–Crippen MR) is 76.8 cm³/mol. The summed E-state index contributed by atoms with van der Waals surface area (Å²) in [6, 6.07) is 5.89. The zero-order chi connectivity index (χ0) is 13.4. The second-order valence-corrected chi connectivity index (χ2v) is 10.7. The number of halogens is 1. The molecule has 1 aliphatic heterocycles. The zero-order valence-corrected chi connectivity index (χ0v) is 13.6. The summed E-state index contributed by atoms with van der Waals surface area (Å²) >= 11 is 3.47. The minimum absolute atomic E-state index is 0.796. The highest BCUT2D eigenvalue weighted by Crippen LogP contribution is 2.39. The fourth-order valence-corrected chi connectivity index (χ4v) is 2.92. The van der Waals surface area contributed by atoms with Crippen molar-refractivity contribution in [1.29, 1.82) is 0 Å². The molecule has 0 aromatic heterocycles. The Morgan fingerprint density at radius 1 is 1.17 bits per heavy atom. The van der Waals surface area contributed by atoms with Gasteiger partial charge in [0.25, 0.3) is 5.79 Å². The van der Waals surface area contributed by atoms with Gasteiger partial charge >= 0.3 is 0 Å². The van der Waals surface area contributed by atoms with E-state index in [1.165, 1.54) is 0 Å². The summed E-state index contributed by atoms with van der Waals surface area (Å²) in [5.74, 6) is 0.0186. The molecule has 0 saturated heterocycles. The van der Waals surface area contributed by atoms with Crippen LogP contribution in [0.3, 0.4) is 0 Å². The number of rotatable bonds is 3. The first-order valence-electron chi connectivity index (χ1n) is 5.80. The van der Waals surface area contributed by atoms with E-state index >= 15 is 0 Å². The number of benzene rings is 1. The minimum atomic E-state index is -1.69. The summed E-state index contributed by atoms with van der Waals surface area (Å²) in [6.07, 6.45) is 3.11. The molecule has 0 atom stereocenters. The molecule has 18 heavy (non-hydrogen) atoms. The van der Waals surface area contributed by atoms with E-state index in [1.807, 2.05) is 25.1 Å². The van der Waals surface area contributed by atoms with E-state index in [1.54, 1.807) is 12.5 Å². The van der Waals surface area contributed by atoms with Crippen molar-refractivity contribution >= 4 is 24.2 Å². The van der Waals surface area contributed by atoms with Crippen LogP contribution >= 0.6 is 15.9 Å². The summed E-state index contributed by atoms with van der Waals surface area (Å²) in [6.45, 7) is 8.32. The molecule has 0 amide bonds. The Labute approximate surface area is 117 Å². The Hall–Kier alpha value is -0.943. The van der Waals surface area contributed by atoms with Gasteiger partial charge in [-0.25, -0.2) is 0 Å². The predicted octanol–water partition coefficient (Wildman–Crippen LogP) is 4.35. The quantitative estimate of drug-likeness (QED) is 0.772. The summed E-state index contributed by atoms with van der Waals surface area (Å²) in [4.78, 5) is 0. The van der Waals surface area contributed by atoms with Gasteiger partial charge in [0, 0.05) is 11.4 Å². The second-order valence-electron chi connectivity index (χ2n) is 5.31. The smallest absolute Gasteiger partial charge is 0.277 e. The van der Waals surface area contributed by atoms with Crippen LogP contribution in [0.15, 0.2) is 35.2 Å². The van der Waals surface area contributed by atoms with Crippen molar-refractivity contribution in [2.75, 3.05) is 0 Å². The van der Waals surface area contributed by atoms with Crippen LogP contribution in [0.1, 0.15) is 12.5 Å². The maximum absolute atomic E-state index is 6.11. The Bertz CT molecular complexity index is 472. The number of hydrogen-bond acceptors (Lipinski definition) is 3. The number of ether oxygens (including phenoxy) is 2. The van der Waals surface area contributed by atoms with Gasteiger partial charge in [-0.3, -0.25) is 0 Å². The Balaban J connectivity index is 2.40. The Kier molecular flexibility index (Phi) is 3.47. The van der Waals surface area contributed by atoms with Crippen molar-refractivity contribution in [3.05, 3.63) is 40.8 Å². The average Bonchev–Trinajstić information content (AvgIpc) is 2.63. The van der Waals surface area contributed by atoms with Crippen LogP contribution in [0, 0.1) is 0 Å². The molecule has 3 nitrogen and oxygen atoms in total. The van der Waals surface area contributed by atoms with Crippen molar-refractivity contribution in [3.63, 3.8) is 0 Å². The van der Waals surface area contributed by atoms with E-state index in [4.69, 9.17) is 13.9 Å². The molecule has 0 bridgehead atoms. The van der Waals surface area contributed by atoms with Gasteiger partial charge in [-0.05, 0) is 37.8 Å². The molecule has 0 saturated carbocycles. The van der Waals surface area contributed by atoms with Crippen LogP contribution < -0.4 is 4.43 Å². The maximum atomic E-state index is 6.11. The van der Waals surface area contributed by atoms with E-state index < -0.39 is 14.1 Å². The molecule has 0 spiro atoms. The largest absolute Gasteiger partial charge is 0.544 e. The van der Waals surface area contributed by atoms with Gasteiger partial charge < -0.3 is 13.9 Å². The number of hydrogen-bond donors (Lipinski definition) is 0. The highest BCUT2D eigenvalue weighted by molar-refractivity contribution is 9.10. The molecule has 0 aliphatic carbocycles. The van der Waals surface area contributed by atoms with Crippen LogP contribution in [0.2, 0.25) is 19.6 Å². The van der Waals surface area contributed by atoms with Gasteiger partial charge in [0.2, 0.25) is 8.32 Å². The molecule has 98 valence electrons. The molecule has 0 radical (unpaired) electrons. The first kappa shape index (κ1) is 13.5. The van der Waals surface area contributed by atoms with Crippen LogP contribution in [0.25, 0.3) is 0 Å². The van der Waals surface area contributed by atoms with Crippen molar-refractivity contribution < 1.29 is 13.9 Å². The van der Waals surface area contributed by atoms with Crippen molar-refractivity contribution in [1.82, 2.24) is 0 Å². The van der Waals surface area contributed by atoms with Crippen molar-refractivity contribution in [3.8, 4) is 5.75 Å². The third-order valence-electron chi connectivity index (χ3n) is 2.49. The molecular weight excluding hydrogens is 312 g/mol. The lowest BCUT2D eigenvalue weighted by Crippen LogP contribution is -2.32. The molecule has 5 heteroatoms. The molecule has 1 aliphatic rings. The highest BCUT2D eigenvalue weighted by Gasteiger charge is 2.36. The van der Waals surface area contributed by atoms with Crippen molar-refractivity contribution in [2.24, 2.45) is 0 Å². The monoisotopic (exact) mass is 328 g/mol. The summed E-state index contributed by atoms with van der Waals surface area (Å²) in [7, 11) is -1.69. The van der Waals surface area contributed by atoms with Crippen LogP contribution in [0.5, 0.6) is 5.75 Å². The molecule has 1 aromatic carbocycles. The summed E-state index contributed by atoms with van der Waals surface area (Å²) in [5.41, 5.74) is 0.901. The third kappa shape index (κ3) is 2.90. The van der Waals surface area contributed by atoms with E-state index in [9.17, 15) is 0 Å². The zero-order valence-electron chi connectivity index (χ0n) is 11.0. The van der Waals surface area contributed by atoms with Gasteiger partial charge in [-0.2, -0.15) is 0 Å². The normalized spacial score (nSPS) is 17.2. The van der Waals surface area contributed by atoms with Gasteiger partial charge in [-0.15, -0.1) is 0 Å². The molecule has 0 fully saturated rings. The summed E-state index contributed by atoms with van der Waals surface area (Å²) in [5, 5.41) is 0. The fourth-order valence-electron chi connectivity index (χ4n) is 1.76. The van der Waals surface area contributed by atoms with E-state index in [2.05, 4.69) is 35.6 Å².